The lowest BCUT2D eigenvalue weighted by Crippen LogP contribution is -2.14. The van der Waals surface area contributed by atoms with E-state index in [1.165, 1.54) is 11.8 Å². The van der Waals surface area contributed by atoms with Crippen molar-refractivity contribution in [1.29, 1.82) is 0 Å². The van der Waals surface area contributed by atoms with E-state index < -0.39 is 0 Å². The maximum absolute atomic E-state index is 12.3. The van der Waals surface area contributed by atoms with Gasteiger partial charge in [0.15, 0.2) is 11.0 Å². The lowest BCUT2D eigenvalue weighted by molar-refractivity contribution is -0.113. The quantitative estimate of drug-likeness (QED) is 0.520. The Morgan fingerprint density at radius 2 is 2.00 bits per heavy atom. The Balaban J connectivity index is 1.41. The number of nitrogens with one attached hydrogen (secondary N) is 2. The van der Waals surface area contributed by atoms with E-state index in [2.05, 4.69) is 25.5 Å². The van der Waals surface area contributed by atoms with Gasteiger partial charge >= 0.3 is 0 Å². The Bertz CT molecular complexity index is 1100. The lowest BCUT2D eigenvalue weighted by Gasteiger charge is -2.06. The largest absolute Gasteiger partial charge is 0.342 e. The van der Waals surface area contributed by atoms with Crippen LogP contribution in [-0.4, -0.2) is 36.4 Å². The van der Waals surface area contributed by atoms with Crippen LogP contribution < -0.4 is 5.32 Å². The van der Waals surface area contributed by atoms with Gasteiger partial charge in [0.05, 0.1) is 16.8 Å². The van der Waals surface area contributed by atoms with Gasteiger partial charge in [-0.05, 0) is 25.1 Å². The number of hydrogen-bond acceptors (Lipinski definition) is 5. The maximum Gasteiger partial charge on any atom is 0.234 e. The zero-order valence-corrected chi connectivity index (χ0v) is 15.7. The number of aryl methyl sites for hydroxylation is 1. The number of hydrogen-bond donors (Lipinski definition) is 2. The number of carbonyl (C=O) groups excluding carboxylic acids is 1. The fourth-order valence-corrected chi connectivity index (χ4v) is 3.53. The molecule has 8 heteroatoms. The first-order valence-electron chi connectivity index (χ1n) is 8.44. The van der Waals surface area contributed by atoms with Gasteiger partial charge in [-0.3, -0.25) is 4.79 Å². The van der Waals surface area contributed by atoms with Crippen LogP contribution in [0, 0.1) is 6.92 Å². The Morgan fingerprint density at radius 1 is 1.19 bits per heavy atom. The normalized spacial score (nSPS) is 11.0. The third-order valence-corrected chi connectivity index (χ3v) is 5.10. The topological polar surface area (TPSA) is 88.5 Å². The van der Waals surface area contributed by atoms with Crippen LogP contribution in [0.25, 0.3) is 22.4 Å². The molecule has 2 N–H and O–H groups in total. The summed E-state index contributed by atoms with van der Waals surface area (Å²) in [5.74, 6) is 1.78. The van der Waals surface area contributed by atoms with Gasteiger partial charge in [-0.2, -0.15) is 0 Å². The van der Waals surface area contributed by atoms with Crippen LogP contribution in [0.4, 0.5) is 5.69 Å². The monoisotopic (exact) mass is 378 g/mol. The second-order valence-corrected chi connectivity index (χ2v) is 7.06. The molecule has 0 radical (unpaired) electrons. The van der Waals surface area contributed by atoms with Crippen LogP contribution in [0.3, 0.4) is 0 Å². The van der Waals surface area contributed by atoms with E-state index in [0.717, 1.165) is 33.9 Å². The smallest absolute Gasteiger partial charge is 0.234 e. The van der Waals surface area contributed by atoms with Crippen LogP contribution >= 0.6 is 11.8 Å². The highest BCUT2D eigenvalue weighted by Crippen LogP contribution is 2.23. The molecular weight excluding hydrogens is 360 g/mol. The molecule has 1 amide bonds. The Morgan fingerprint density at radius 3 is 2.81 bits per heavy atom. The highest BCUT2D eigenvalue weighted by Gasteiger charge is 2.13. The number of imidazole rings is 1. The summed E-state index contributed by atoms with van der Waals surface area (Å²) in [4.78, 5) is 19.8. The summed E-state index contributed by atoms with van der Waals surface area (Å²) in [5, 5.41) is 12.0. The van der Waals surface area contributed by atoms with Gasteiger partial charge in [0.25, 0.3) is 0 Å². The predicted octanol–water partition coefficient (Wildman–Crippen LogP) is 3.40. The molecule has 4 rings (SSSR count). The van der Waals surface area contributed by atoms with E-state index >= 15 is 0 Å². The van der Waals surface area contributed by atoms with Crippen LogP contribution in [-0.2, 0) is 11.8 Å². The Labute approximate surface area is 160 Å². The molecule has 0 atom stereocenters. The number of amides is 1. The summed E-state index contributed by atoms with van der Waals surface area (Å²) in [5.41, 5.74) is 3.51. The van der Waals surface area contributed by atoms with Gasteiger partial charge < -0.3 is 14.9 Å². The van der Waals surface area contributed by atoms with Gasteiger partial charge in [0.1, 0.15) is 5.82 Å². The number of carbonyl (C=O) groups is 1. The zero-order chi connectivity index (χ0) is 18.8. The first kappa shape index (κ1) is 17.3. The summed E-state index contributed by atoms with van der Waals surface area (Å²) in [6, 6.07) is 15.5. The zero-order valence-electron chi connectivity index (χ0n) is 14.9. The molecule has 2 aromatic carbocycles. The number of nitrogens with zero attached hydrogens (tertiary/aromatic N) is 4. The molecule has 7 nitrogen and oxygen atoms in total. The third kappa shape index (κ3) is 3.70. The standard InChI is InChI=1S/C19H18N6OS/c1-12-20-15-9-8-14(10-16(15)21-12)22-17(26)11-27-19-24-23-18(25(19)2)13-6-4-3-5-7-13/h3-10H,11H2,1-2H3,(H,20,21)(H,22,26). The second-order valence-electron chi connectivity index (χ2n) is 6.12. The number of fused-ring (bicyclic) bond motifs is 1. The highest BCUT2D eigenvalue weighted by atomic mass is 32.2. The molecule has 0 aliphatic rings. The molecule has 136 valence electrons. The summed E-state index contributed by atoms with van der Waals surface area (Å²) in [7, 11) is 1.90. The number of anilines is 1. The van der Waals surface area contributed by atoms with E-state index in [1.807, 2.05) is 67.1 Å². The average molecular weight is 378 g/mol. The van der Waals surface area contributed by atoms with Crippen molar-refractivity contribution in [3.05, 3.63) is 54.4 Å². The Hall–Kier alpha value is -3.13. The predicted molar refractivity (Wildman–Crippen MR) is 107 cm³/mol. The number of rotatable bonds is 5. The Kier molecular flexibility index (Phi) is 4.64. The van der Waals surface area contributed by atoms with E-state index in [4.69, 9.17) is 0 Å². The average Bonchev–Trinajstić information content (AvgIpc) is 3.22. The fourth-order valence-electron chi connectivity index (χ4n) is 2.82. The summed E-state index contributed by atoms with van der Waals surface area (Å²) in [6.07, 6.45) is 0. The minimum atomic E-state index is -0.0974. The van der Waals surface area contributed by atoms with Gasteiger partial charge in [0.2, 0.25) is 5.91 Å². The fraction of sp³-hybridized carbons (Fsp3) is 0.158. The van der Waals surface area contributed by atoms with Crippen molar-refractivity contribution in [3.63, 3.8) is 0 Å². The van der Waals surface area contributed by atoms with E-state index in [1.54, 1.807) is 0 Å². The molecule has 0 saturated heterocycles. The van der Waals surface area contributed by atoms with E-state index in [-0.39, 0.29) is 11.7 Å². The number of H-pyrrole nitrogens is 1. The molecule has 0 saturated carbocycles. The summed E-state index contributed by atoms with van der Waals surface area (Å²) in [6.45, 7) is 1.90. The van der Waals surface area contributed by atoms with Crippen molar-refractivity contribution in [2.45, 2.75) is 12.1 Å². The molecule has 2 aromatic heterocycles. The molecule has 0 aliphatic heterocycles. The molecule has 0 unspecified atom stereocenters. The molecule has 0 spiro atoms. The van der Waals surface area contributed by atoms with E-state index in [9.17, 15) is 4.79 Å². The van der Waals surface area contributed by atoms with Crippen LogP contribution in [0.15, 0.2) is 53.7 Å². The molecule has 2 heterocycles. The van der Waals surface area contributed by atoms with E-state index in [0.29, 0.717) is 5.16 Å². The van der Waals surface area contributed by atoms with Crippen molar-refractivity contribution in [1.82, 2.24) is 24.7 Å². The minimum absolute atomic E-state index is 0.0974. The van der Waals surface area contributed by atoms with Crippen LogP contribution in [0.5, 0.6) is 0 Å². The maximum atomic E-state index is 12.3. The summed E-state index contributed by atoms with van der Waals surface area (Å²) < 4.78 is 1.90. The van der Waals surface area contributed by atoms with Crippen molar-refractivity contribution >= 4 is 34.4 Å². The number of thioether (sulfide) groups is 1. The second kappa shape index (κ2) is 7.24. The molecule has 0 bridgehead atoms. The van der Waals surface area contributed by atoms with Crippen LogP contribution in [0.1, 0.15) is 5.82 Å². The van der Waals surface area contributed by atoms with Crippen LogP contribution in [0.2, 0.25) is 0 Å². The molecule has 0 fully saturated rings. The molecule has 0 aliphatic carbocycles. The first-order chi connectivity index (χ1) is 13.1. The van der Waals surface area contributed by atoms with Crippen molar-refractivity contribution in [3.8, 4) is 11.4 Å². The highest BCUT2D eigenvalue weighted by molar-refractivity contribution is 7.99. The molecule has 27 heavy (non-hydrogen) atoms. The van der Waals surface area contributed by atoms with Gasteiger partial charge in [-0.1, -0.05) is 42.1 Å². The van der Waals surface area contributed by atoms with Crippen molar-refractivity contribution in [2.75, 3.05) is 11.1 Å². The van der Waals surface area contributed by atoms with Crippen molar-refractivity contribution in [2.24, 2.45) is 7.05 Å². The van der Waals surface area contributed by atoms with Gasteiger partial charge in [0, 0.05) is 18.3 Å². The van der Waals surface area contributed by atoms with Gasteiger partial charge in [-0.25, -0.2) is 4.98 Å². The number of benzene rings is 2. The molecular formula is C19H18N6OS. The number of aromatic nitrogens is 5. The van der Waals surface area contributed by atoms with Crippen molar-refractivity contribution < 1.29 is 4.79 Å². The molecule has 4 aromatic rings. The summed E-state index contributed by atoms with van der Waals surface area (Å²) >= 11 is 1.35. The third-order valence-electron chi connectivity index (χ3n) is 4.08. The van der Waals surface area contributed by atoms with Gasteiger partial charge in [-0.15, -0.1) is 10.2 Å². The number of aromatic amines is 1. The SMILES string of the molecule is Cc1nc2ccc(NC(=O)CSc3nnc(-c4ccccc4)n3C)cc2[nH]1. The lowest BCUT2D eigenvalue weighted by atomic mass is 10.2. The minimum Gasteiger partial charge on any atom is -0.342 e. The first-order valence-corrected chi connectivity index (χ1v) is 9.42.